The van der Waals surface area contributed by atoms with E-state index in [9.17, 15) is 18.0 Å². The Balaban J connectivity index is 1.91. The highest BCUT2D eigenvalue weighted by molar-refractivity contribution is 7.92. The summed E-state index contributed by atoms with van der Waals surface area (Å²) in [5.41, 5.74) is 3.33. The molecule has 0 aromatic heterocycles. The van der Waals surface area contributed by atoms with E-state index >= 15 is 0 Å². The summed E-state index contributed by atoms with van der Waals surface area (Å²) < 4.78 is 33.8. The molecule has 176 valence electrons. The molecular formula is C25H21Cl2NO5S. The van der Waals surface area contributed by atoms with Crippen LogP contribution in [0.2, 0.25) is 10.0 Å². The van der Waals surface area contributed by atoms with Crippen molar-refractivity contribution in [1.82, 2.24) is 0 Å². The van der Waals surface area contributed by atoms with Gasteiger partial charge in [-0.1, -0.05) is 59.6 Å². The third-order valence-electron chi connectivity index (χ3n) is 5.75. The predicted octanol–water partition coefficient (Wildman–Crippen LogP) is 5.82. The van der Waals surface area contributed by atoms with Crippen molar-refractivity contribution in [2.45, 2.75) is 25.1 Å². The minimum Gasteiger partial charge on any atom is -0.469 e. The molecular weight excluding hydrogens is 497 g/mol. The number of benzene rings is 3. The van der Waals surface area contributed by atoms with Crippen LogP contribution in [-0.2, 0) is 25.3 Å². The number of hydrogen-bond donors (Lipinski definition) is 0. The lowest BCUT2D eigenvalue weighted by Crippen LogP contribution is -2.39. The number of fused-ring (bicyclic) bond motifs is 3. The van der Waals surface area contributed by atoms with Crippen LogP contribution in [0.5, 0.6) is 0 Å². The van der Waals surface area contributed by atoms with Gasteiger partial charge in [0.2, 0.25) is 10.0 Å². The second-order valence-corrected chi connectivity index (χ2v) is 10.6. The van der Waals surface area contributed by atoms with Crippen molar-refractivity contribution in [3.05, 3.63) is 87.4 Å². The number of rotatable bonds is 6. The average Bonchev–Trinajstić information content (AvgIpc) is 2.80. The van der Waals surface area contributed by atoms with Crippen LogP contribution in [0.3, 0.4) is 0 Å². The number of para-hydroxylation sites is 1. The summed E-state index contributed by atoms with van der Waals surface area (Å²) in [7, 11) is -2.77. The van der Waals surface area contributed by atoms with Gasteiger partial charge in [0.05, 0.1) is 41.1 Å². The Hall–Kier alpha value is -2.87. The van der Waals surface area contributed by atoms with Gasteiger partial charge in [0.1, 0.15) is 0 Å². The SMILES string of the molecule is COC(=O)CC1c2cc(C(C)=O)ccc2-c2ccccc2N1S(=O)(=O)Cc1ccc(Cl)c(Cl)c1. The predicted molar refractivity (Wildman–Crippen MR) is 133 cm³/mol. The Kier molecular flexibility index (Phi) is 6.71. The van der Waals surface area contributed by atoms with Gasteiger partial charge < -0.3 is 4.74 Å². The first-order valence-corrected chi connectivity index (χ1v) is 12.8. The fourth-order valence-electron chi connectivity index (χ4n) is 4.18. The molecule has 1 unspecified atom stereocenters. The molecule has 0 aliphatic carbocycles. The molecule has 0 amide bonds. The maximum atomic E-state index is 13.9. The maximum absolute atomic E-state index is 13.9. The normalized spacial score (nSPS) is 14.8. The highest BCUT2D eigenvalue weighted by Gasteiger charge is 2.39. The van der Waals surface area contributed by atoms with Crippen LogP contribution in [0.4, 0.5) is 5.69 Å². The number of carbonyl (C=O) groups is 2. The van der Waals surface area contributed by atoms with E-state index in [2.05, 4.69) is 0 Å². The molecule has 0 radical (unpaired) electrons. The Bertz CT molecular complexity index is 1400. The molecule has 6 nitrogen and oxygen atoms in total. The number of carbonyl (C=O) groups excluding carboxylic acids is 2. The summed E-state index contributed by atoms with van der Waals surface area (Å²) in [4.78, 5) is 24.5. The van der Waals surface area contributed by atoms with Crippen molar-refractivity contribution in [3.63, 3.8) is 0 Å². The van der Waals surface area contributed by atoms with E-state index < -0.39 is 22.0 Å². The van der Waals surface area contributed by atoms with E-state index in [0.29, 0.717) is 33.0 Å². The molecule has 1 aliphatic rings. The van der Waals surface area contributed by atoms with Crippen LogP contribution in [0, 0.1) is 0 Å². The molecule has 9 heteroatoms. The van der Waals surface area contributed by atoms with Gasteiger partial charge in [-0.05, 0) is 47.9 Å². The third-order valence-corrected chi connectivity index (χ3v) is 8.24. The summed E-state index contributed by atoms with van der Waals surface area (Å²) >= 11 is 12.1. The van der Waals surface area contributed by atoms with Crippen LogP contribution in [0.1, 0.15) is 40.9 Å². The summed E-state index contributed by atoms with van der Waals surface area (Å²) in [6.07, 6.45) is -0.222. The molecule has 1 atom stereocenters. The number of esters is 1. The molecule has 3 aromatic carbocycles. The van der Waals surface area contributed by atoms with Gasteiger partial charge in [0, 0.05) is 11.1 Å². The van der Waals surface area contributed by atoms with Crippen molar-refractivity contribution in [1.29, 1.82) is 0 Å². The largest absolute Gasteiger partial charge is 0.469 e. The third kappa shape index (κ3) is 4.56. The van der Waals surface area contributed by atoms with Crippen LogP contribution in [0.15, 0.2) is 60.7 Å². The molecule has 0 fully saturated rings. The number of nitrogens with zero attached hydrogens (tertiary/aromatic N) is 1. The second kappa shape index (κ2) is 9.41. The average molecular weight is 518 g/mol. The van der Waals surface area contributed by atoms with Gasteiger partial charge in [0.25, 0.3) is 0 Å². The minimum absolute atomic E-state index is 0.163. The monoisotopic (exact) mass is 517 g/mol. The highest BCUT2D eigenvalue weighted by Crippen LogP contribution is 2.48. The number of halogens is 2. The number of sulfonamides is 1. The zero-order valence-corrected chi connectivity index (χ0v) is 20.7. The van der Waals surface area contributed by atoms with Gasteiger partial charge in [0.15, 0.2) is 5.78 Å². The summed E-state index contributed by atoms with van der Waals surface area (Å²) in [6.45, 7) is 1.44. The number of hydrogen-bond acceptors (Lipinski definition) is 5. The fourth-order valence-corrected chi connectivity index (χ4v) is 6.27. The Labute approximate surface area is 208 Å². The lowest BCUT2D eigenvalue weighted by atomic mass is 9.86. The molecule has 0 spiro atoms. The summed E-state index contributed by atoms with van der Waals surface area (Å²) in [6, 6.07) is 16.0. The molecule has 0 bridgehead atoms. The number of ketones is 1. The quantitative estimate of drug-likeness (QED) is 0.304. The topological polar surface area (TPSA) is 80.8 Å². The zero-order chi connectivity index (χ0) is 24.6. The van der Waals surface area contributed by atoms with E-state index in [1.165, 1.54) is 24.4 Å². The minimum atomic E-state index is -4.02. The molecule has 1 heterocycles. The van der Waals surface area contributed by atoms with Gasteiger partial charge >= 0.3 is 5.97 Å². The van der Waals surface area contributed by atoms with Crippen LogP contribution < -0.4 is 4.31 Å². The first kappa shape index (κ1) is 24.3. The van der Waals surface area contributed by atoms with Gasteiger partial charge in [-0.15, -0.1) is 0 Å². The van der Waals surface area contributed by atoms with E-state index in [4.69, 9.17) is 27.9 Å². The standard InChI is InChI=1S/C25H21Cl2NO5S/c1-15(29)17-8-9-18-19-5-3-4-6-23(19)28(24(20(18)12-17)13-25(30)33-2)34(31,32)14-16-7-10-21(26)22(27)11-16/h3-12,24H,13-14H2,1-2H3. The van der Waals surface area contributed by atoms with Crippen molar-refractivity contribution in [2.75, 3.05) is 11.4 Å². The Morgan fingerprint density at radius 2 is 1.71 bits per heavy atom. The number of anilines is 1. The fraction of sp³-hybridized carbons (Fsp3) is 0.200. The molecule has 4 rings (SSSR count). The number of Topliss-reactive ketones (excluding diaryl/α,β-unsaturated/α-hetero) is 1. The van der Waals surface area contributed by atoms with Crippen molar-refractivity contribution in [2.24, 2.45) is 0 Å². The van der Waals surface area contributed by atoms with E-state index in [1.54, 1.807) is 42.5 Å². The molecule has 34 heavy (non-hydrogen) atoms. The lowest BCUT2D eigenvalue weighted by molar-refractivity contribution is -0.141. The van der Waals surface area contributed by atoms with E-state index in [-0.39, 0.29) is 23.0 Å². The molecule has 0 N–H and O–H groups in total. The van der Waals surface area contributed by atoms with Crippen molar-refractivity contribution in [3.8, 4) is 11.1 Å². The van der Waals surface area contributed by atoms with Gasteiger partial charge in [-0.25, -0.2) is 8.42 Å². The molecule has 3 aromatic rings. The van der Waals surface area contributed by atoms with Crippen molar-refractivity contribution >= 4 is 50.7 Å². The zero-order valence-electron chi connectivity index (χ0n) is 18.4. The highest BCUT2D eigenvalue weighted by atomic mass is 35.5. The first-order chi connectivity index (χ1) is 16.1. The summed E-state index contributed by atoms with van der Waals surface area (Å²) in [5, 5.41) is 0.566. The lowest BCUT2D eigenvalue weighted by Gasteiger charge is -2.39. The van der Waals surface area contributed by atoms with Crippen LogP contribution in [0.25, 0.3) is 11.1 Å². The first-order valence-electron chi connectivity index (χ1n) is 10.4. The van der Waals surface area contributed by atoms with Crippen LogP contribution in [-0.4, -0.2) is 27.3 Å². The van der Waals surface area contributed by atoms with E-state index in [0.717, 1.165) is 5.56 Å². The smallest absolute Gasteiger partial charge is 0.307 e. The number of methoxy groups -OCH3 is 1. The molecule has 0 saturated heterocycles. The van der Waals surface area contributed by atoms with E-state index in [1.807, 2.05) is 12.1 Å². The van der Waals surface area contributed by atoms with Gasteiger partial charge in [-0.2, -0.15) is 0 Å². The van der Waals surface area contributed by atoms with Gasteiger partial charge in [-0.3, -0.25) is 13.9 Å². The maximum Gasteiger partial charge on any atom is 0.307 e. The Morgan fingerprint density at radius 1 is 0.971 bits per heavy atom. The second-order valence-electron chi connectivity index (χ2n) is 7.97. The molecule has 0 saturated carbocycles. The number of ether oxygens (including phenoxy) is 1. The molecule has 1 aliphatic heterocycles. The van der Waals surface area contributed by atoms with Crippen LogP contribution >= 0.6 is 23.2 Å². The Morgan fingerprint density at radius 3 is 2.38 bits per heavy atom. The summed E-state index contributed by atoms with van der Waals surface area (Å²) in [5.74, 6) is -1.10. The van der Waals surface area contributed by atoms with Crippen molar-refractivity contribution < 1.29 is 22.7 Å².